The molecule has 0 bridgehead atoms. The number of carboxylic acids is 1. The summed E-state index contributed by atoms with van der Waals surface area (Å²) in [5.74, 6) is -2.98. The second-order valence-electron chi connectivity index (χ2n) is 3.47. The molecule has 17 heavy (non-hydrogen) atoms. The highest BCUT2D eigenvalue weighted by Crippen LogP contribution is 2.18. The minimum absolute atomic E-state index is 0.0495. The van der Waals surface area contributed by atoms with Gasteiger partial charge in [-0.3, -0.25) is 19.7 Å². The lowest BCUT2D eigenvalue weighted by molar-refractivity contribution is -0.384. The van der Waals surface area contributed by atoms with Crippen LogP contribution in [0.25, 0.3) is 0 Å². The van der Waals surface area contributed by atoms with Crippen molar-refractivity contribution in [3.63, 3.8) is 0 Å². The summed E-state index contributed by atoms with van der Waals surface area (Å²) in [5.41, 5.74) is -0.176. The molecule has 1 rings (SSSR count). The number of ketones is 1. The maximum atomic E-state index is 11.8. The molecule has 0 aromatic heterocycles. The van der Waals surface area contributed by atoms with Crippen LogP contribution in [0, 0.1) is 16.0 Å². The number of carbonyl (C=O) groups is 2. The van der Waals surface area contributed by atoms with E-state index in [9.17, 15) is 19.7 Å². The van der Waals surface area contributed by atoms with Crippen LogP contribution >= 0.6 is 0 Å². The Morgan fingerprint density at radius 2 is 2.12 bits per heavy atom. The highest BCUT2D eigenvalue weighted by atomic mass is 16.6. The number of aliphatic carboxylic acids is 1. The Kier molecular flexibility index (Phi) is 3.92. The van der Waals surface area contributed by atoms with Gasteiger partial charge in [0.05, 0.1) is 4.92 Å². The summed E-state index contributed by atoms with van der Waals surface area (Å²) in [6.45, 7) is 1.58. The van der Waals surface area contributed by atoms with E-state index in [0.717, 1.165) is 6.07 Å². The van der Waals surface area contributed by atoms with Gasteiger partial charge < -0.3 is 5.11 Å². The molecule has 1 atom stereocenters. The summed E-state index contributed by atoms with van der Waals surface area (Å²) in [7, 11) is 0. The van der Waals surface area contributed by atoms with Crippen molar-refractivity contribution in [2.45, 2.75) is 13.3 Å². The minimum Gasteiger partial charge on any atom is -0.481 e. The van der Waals surface area contributed by atoms with Crippen LogP contribution in [0.1, 0.15) is 23.7 Å². The van der Waals surface area contributed by atoms with Crippen molar-refractivity contribution in [1.29, 1.82) is 0 Å². The average Bonchev–Trinajstić information content (AvgIpc) is 2.29. The van der Waals surface area contributed by atoms with Crippen LogP contribution in [0.4, 0.5) is 5.69 Å². The standard InChI is InChI=1S/C11H11NO5/c1-2-9(11(14)15)10(13)7-4-3-5-8(6-7)12(16)17/h3-6,9H,2H2,1H3,(H,14,15). The maximum absolute atomic E-state index is 11.8. The average molecular weight is 237 g/mol. The molecule has 0 aliphatic heterocycles. The van der Waals surface area contributed by atoms with Crippen LogP contribution in [-0.2, 0) is 4.79 Å². The molecular formula is C11H11NO5. The van der Waals surface area contributed by atoms with Gasteiger partial charge in [-0.1, -0.05) is 19.1 Å². The van der Waals surface area contributed by atoms with Crippen molar-refractivity contribution in [3.05, 3.63) is 39.9 Å². The molecule has 90 valence electrons. The van der Waals surface area contributed by atoms with Crippen LogP contribution in [0.2, 0.25) is 0 Å². The zero-order valence-electron chi connectivity index (χ0n) is 9.12. The fourth-order valence-corrected chi connectivity index (χ4v) is 1.45. The maximum Gasteiger partial charge on any atom is 0.314 e. The number of hydrogen-bond acceptors (Lipinski definition) is 4. The normalized spacial score (nSPS) is 11.8. The predicted octanol–water partition coefficient (Wildman–Crippen LogP) is 1.89. The van der Waals surface area contributed by atoms with E-state index in [2.05, 4.69) is 0 Å². The molecule has 0 spiro atoms. The summed E-state index contributed by atoms with van der Waals surface area (Å²) in [5, 5.41) is 19.4. The molecule has 6 heteroatoms. The largest absolute Gasteiger partial charge is 0.481 e. The van der Waals surface area contributed by atoms with E-state index in [1.54, 1.807) is 6.92 Å². The van der Waals surface area contributed by atoms with Gasteiger partial charge in [0.1, 0.15) is 5.92 Å². The van der Waals surface area contributed by atoms with Crippen LogP contribution in [-0.4, -0.2) is 21.8 Å². The number of nitro benzene ring substituents is 1. The lowest BCUT2D eigenvalue weighted by Gasteiger charge is -2.08. The molecule has 1 aromatic carbocycles. The molecule has 0 aliphatic rings. The Balaban J connectivity index is 3.07. The van der Waals surface area contributed by atoms with Crippen molar-refractivity contribution in [2.24, 2.45) is 5.92 Å². The van der Waals surface area contributed by atoms with Crippen LogP contribution < -0.4 is 0 Å². The van der Waals surface area contributed by atoms with Crippen LogP contribution in [0.3, 0.4) is 0 Å². The highest BCUT2D eigenvalue weighted by Gasteiger charge is 2.26. The molecule has 1 N–H and O–H groups in total. The van der Waals surface area contributed by atoms with Gasteiger partial charge in [-0.2, -0.15) is 0 Å². The summed E-state index contributed by atoms with van der Waals surface area (Å²) < 4.78 is 0. The van der Waals surface area contributed by atoms with Gasteiger partial charge in [0.15, 0.2) is 5.78 Å². The summed E-state index contributed by atoms with van der Waals surface area (Å²) >= 11 is 0. The van der Waals surface area contributed by atoms with E-state index in [4.69, 9.17) is 5.11 Å². The molecule has 0 heterocycles. The molecule has 0 radical (unpaired) electrons. The van der Waals surface area contributed by atoms with Gasteiger partial charge >= 0.3 is 5.97 Å². The number of benzene rings is 1. The fourth-order valence-electron chi connectivity index (χ4n) is 1.45. The molecule has 6 nitrogen and oxygen atoms in total. The SMILES string of the molecule is CCC(C(=O)O)C(=O)c1cccc([N+](=O)[O-])c1. The van der Waals surface area contributed by atoms with Crippen LogP contribution in [0.15, 0.2) is 24.3 Å². The molecule has 1 unspecified atom stereocenters. The Morgan fingerprint density at radius 3 is 2.59 bits per heavy atom. The Hall–Kier alpha value is -2.24. The quantitative estimate of drug-likeness (QED) is 0.365. The first-order chi connectivity index (χ1) is 7.97. The lowest BCUT2D eigenvalue weighted by atomic mass is 9.95. The van der Waals surface area contributed by atoms with E-state index in [1.807, 2.05) is 0 Å². The second-order valence-corrected chi connectivity index (χ2v) is 3.47. The number of nitro groups is 1. The minimum atomic E-state index is -1.22. The van der Waals surface area contributed by atoms with E-state index < -0.39 is 22.6 Å². The molecule has 0 fully saturated rings. The van der Waals surface area contributed by atoms with Gasteiger partial charge in [0, 0.05) is 17.7 Å². The Morgan fingerprint density at radius 1 is 1.47 bits per heavy atom. The van der Waals surface area contributed by atoms with E-state index in [1.165, 1.54) is 18.2 Å². The second kappa shape index (κ2) is 5.20. The van der Waals surface area contributed by atoms with Crippen molar-refractivity contribution in [1.82, 2.24) is 0 Å². The molecule has 0 saturated carbocycles. The molecule has 0 saturated heterocycles. The highest BCUT2D eigenvalue weighted by molar-refractivity contribution is 6.08. The zero-order valence-corrected chi connectivity index (χ0v) is 9.12. The topological polar surface area (TPSA) is 97.5 Å². The Labute approximate surface area is 97.0 Å². The van der Waals surface area contributed by atoms with Crippen molar-refractivity contribution in [3.8, 4) is 0 Å². The summed E-state index contributed by atoms with van der Waals surface area (Å²) in [6, 6.07) is 5.08. The molecule has 1 aromatic rings. The number of carboxylic acid groups (broad SMARTS) is 1. The summed E-state index contributed by atoms with van der Waals surface area (Å²) in [4.78, 5) is 32.5. The van der Waals surface area contributed by atoms with E-state index >= 15 is 0 Å². The lowest BCUT2D eigenvalue weighted by Crippen LogP contribution is -2.23. The number of carbonyl (C=O) groups excluding carboxylic acids is 1. The van der Waals surface area contributed by atoms with E-state index in [0.29, 0.717) is 0 Å². The third-order valence-corrected chi connectivity index (χ3v) is 2.36. The van der Waals surface area contributed by atoms with Crippen molar-refractivity contribution >= 4 is 17.4 Å². The molecule has 0 aliphatic carbocycles. The monoisotopic (exact) mass is 237 g/mol. The van der Waals surface area contributed by atoms with Crippen molar-refractivity contribution < 1.29 is 19.6 Å². The van der Waals surface area contributed by atoms with Gasteiger partial charge in [-0.05, 0) is 6.42 Å². The van der Waals surface area contributed by atoms with Gasteiger partial charge in [-0.25, -0.2) is 0 Å². The van der Waals surface area contributed by atoms with Gasteiger partial charge in [0.2, 0.25) is 0 Å². The van der Waals surface area contributed by atoms with E-state index in [-0.39, 0.29) is 17.7 Å². The third-order valence-electron chi connectivity index (χ3n) is 2.36. The van der Waals surface area contributed by atoms with Gasteiger partial charge in [-0.15, -0.1) is 0 Å². The fraction of sp³-hybridized carbons (Fsp3) is 0.273. The molecular weight excluding hydrogens is 226 g/mol. The number of hydrogen-bond donors (Lipinski definition) is 1. The Bertz CT molecular complexity index is 469. The van der Waals surface area contributed by atoms with Crippen LogP contribution in [0.5, 0.6) is 0 Å². The number of non-ortho nitro benzene ring substituents is 1. The van der Waals surface area contributed by atoms with Gasteiger partial charge in [0.25, 0.3) is 5.69 Å². The van der Waals surface area contributed by atoms with Crippen molar-refractivity contribution in [2.75, 3.05) is 0 Å². The number of Topliss-reactive ketones (excluding diaryl/α,β-unsaturated/α-hetero) is 1. The summed E-state index contributed by atoms with van der Waals surface area (Å²) in [6.07, 6.45) is 0.150. The first-order valence-corrected chi connectivity index (χ1v) is 4.98. The number of nitrogens with zero attached hydrogens (tertiary/aromatic N) is 1. The first kappa shape index (κ1) is 12.8. The number of rotatable bonds is 5. The predicted molar refractivity (Wildman–Crippen MR) is 58.8 cm³/mol. The molecule has 0 amide bonds. The third kappa shape index (κ3) is 2.87. The first-order valence-electron chi connectivity index (χ1n) is 4.98. The zero-order chi connectivity index (χ0) is 13.0. The smallest absolute Gasteiger partial charge is 0.314 e.